The third-order valence-corrected chi connectivity index (χ3v) is 3.90. The van der Waals surface area contributed by atoms with Crippen LogP contribution in [0.5, 0.6) is 5.75 Å². The first-order valence-electron chi connectivity index (χ1n) is 8.39. The van der Waals surface area contributed by atoms with E-state index >= 15 is 0 Å². The lowest BCUT2D eigenvalue weighted by Gasteiger charge is -2.21. The van der Waals surface area contributed by atoms with Gasteiger partial charge in [0, 0.05) is 29.5 Å². The lowest BCUT2D eigenvalue weighted by molar-refractivity contribution is -0.143. The number of amides is 2. The van der Waals surface area contributed by atoms with E-state index < -0.39 is 11.8 Å². The van der Waals surface area contributed by atoms with Gasteiger partial charge >= 0.3 is 11.8 Å². The second-order valence-electron chi connectivity index (χ2n) is 5.78. The minimum atomic E-state index is -0.643. The molecule has 0 atom stereocenters. The maximum Gasteiger partial charge on any atom is 0.313 e. The van der Waals surface area contributed by atoms with Crippen molar-refractivity contribution in [2.75, 3.05) is 18.4 Å². The quantitative estimate of drug-likeness (QED) is 0.797. The van der Waals surface area contributed by atoms with E-state index in [1.807, 2.05) is 6.92 Å². The molecule has 2 aromatic carbocycles. The van der Waals surface area contributed by atoms with Gasteiger partial charge in [0.2, 0.25) is 0 Å². The van der Waals surface area contributed by atoms with Gasteiger partial charge in [0.05, 0.1) is 0 Å². The van der Waals surface area contributed by atoms with Gasteiger partial charge in [0.15, 0.2) is 0 Å². The third kappa shape index (κ3) is 4.04. The molecular formula is C19H24N2O3. The summed E-state index contributed by atoms with van der Waals surface area (Å²) < 4.78 is 0. The highest BCUT2D eigenvalue weighted by molar-refractivity contribution is 6.40. The Morgan fingerprint density at radius 3 is 2.42 bits per heavy atom. The number of unbranched alkanes of at least 4 members (excludes halogenated alkanes) is 1. The molecule has 0 spiro atoms. The zero-order valence-electron chi connectivity index (χ0n) is 14.2. The maximum absolute atomic E-state index is 12.4. The number of hydrogen-bond donors (Lipinski definition) is 2. The van der Waals surface area contributed by atoms with Crippen molar-refractivity contribution in [1.29, 1.82) is 0 Å². The van der Waals surface area contributed by atoms with Crippen molar-refractivity contribution in [3.05, 3.63) is 36.4 Å². The zero-order valence-corrected chi connectivity index (χ0v) is 14.2. The van der Waals surface area contributed by atoms with Crippen LogP contribution < -0.4 is 5.32 Å². The smallest absolute Gasteiger partial charge is 0.313 e. The molecule has 0 aliphatic rings. The fraction of sp³-hybridized carbons (Fsp3) is 0.368. The molecule has 0 fully saturated rings. The number of nitrogens with one attached hydrogen (secondary N) is 1. The Balaban J connectivity index is 2.19. The molecule has 2 N–H and O–H groups in total. The van der Waals surface area contributed by atoms with Gasteiger partial charge in [0.1, 0.15) is 5.75 Å². The second kappa shape index (κ2) is 8.34. The molecule has 0 saturated carbocycles. The van der Waals surface area contributed by atoms with Crippen molar-refractivity contribution in [3.8, 4) is 5.75 Å². The van der Waals surface area contributed by atoms with Crippen LogP contribution in [-0.2, 0) is 9.59 Å². The standard InChI is InChI=1S/C19H24N2O3/c1-3-5-13-21(12-4-2)19(24)18(23)20-16-10-6-9-15-14(16)8-7-11-17(15)22/h6-11,22H,3-5,12-13H2,1-2H3,(H,20,23). The van der Waals surface area contributed by atoms with E-state index in [0.717, 1.165) is 19.3 Å². The SMILES string of the molecule is CCCCN(CCC)C(=O)C(=O)Nc1cccc2c(O)cccc12. The summed E-state index contributed by atoms with van der Waals surface area (Å²) in [5.41, 5.74) is 0.522. The van der Waals surface area contributed by atoms with Crippen molar-refractivity contribution in [3.63, 3.8) is 0 Å². The second-order valence-corrected chi connectivity index (χ2v) is 5.78. The highest BCUT2D eigenvalue weighted by atomic mass is 16.3. The van der Waals surface area contributed by atoms with Gasteiger partial charge in [-0.25, -0.2) is 0 Å². The van der Waals surface area contributed by atoms with Crippen LogP contribution in [0.1, 0.15) is 33.1 Å². The molecule has 2 aromatic rings. The summed E-state index contributed by atoms with van der Waals surface area (Å²) >= 11 is 0. The average Bonchev–Trinajstić information content (AvgIpc) is 2.59. The molecule has 0 heterocycles. The van der Waals surface area contributed by atoms with E-state index in [-0.39, 0.29) is 5.75 Å². The number of benzene rings is 2. The molecule has 2 rings (SSSR count). The summed E-state index contributed by atoms with van der Waals surface area (Å²) in [5.74, 6) is -1.01. The predicted molar refractivity (Wildman–Crippen MR) is 96.0 cm³/mol. The van der Waals surface area contributed by atoms with Crippen LogP contribution in [0.3, 0.4) is 0 Å². The van der Waals surface area contributed by atoms with Crippen LogP contribution in [-0.4, -0.2) is 34.9 Å². The van der Waals surface area contributed by atoms with E-state index in [0.29, 0.717) is 29.5 Å². The number of fused-ring (bicyclic) bond motifs is 1. The zero-order chi connectivity index (χ0) is 17.5. The Hall–Kier alpha value is -2.56. The van der Waals surface area contributed by atoms with Crippen LogP contribution >= 0.6 is 0 Å². The Labute approximate surface area is 142 Å². The van der Waals surface area contributed by atoms with Crippen molar-refractivity contribution in [1.82, 2.24) is 4.90 Å². The van der Waals surface area contributed by atoms with Crippen molar-refractivity contribution in [2.24, 2.45) is 0 Å². The van der Waals surface area contributed by atoms with Gasteiger partial charge in [-0.2, -0.15) is 0 Å². The van der Waals surface area contributed by atoms with E-state index in [1.165, 1.54) is 0 Å². The van der Waals surface area contributed by atoms with E-state index in [4.69, 9.17) is 0 Å². The summed E-state index contributed by atoms with van der Waals surface area (Å²) in [4.78, 5) is 26.4. The number of carbonyl (C=O) groups excluding carboxylic acids is 2. The summed E-state index contributed by atoms with van der Waals surface area (Å²) in [5, 5.41) is 13.9. The predicted octanol–water partition coefficient (Wildman–Crippen LogP) is 3.52. The van der Waals surface area contributed by atoms with Gasteiger partial charge in [-0.3, -0.25) is 9.59 Å². The summed E-state index contributed by atoms with van der Waals surface area (Å²) in [7, 11) is 0. The molecule has 0 saturated heterocycles. The number of hydrogen-bond acceptors (Lipinski definition) is 3. The molecule has 24 heavy (non-hydrogen) atoms. The number of anilines is 1. The third-order valence-electron chi connectivity index (χ3n) is 3.90. The topological polar surface area (TPSA) is 69.6 Å². The Kier molecular flexibility index (Phi) is 6.18. The van der Waals surface area contributed by atoms with E-state index in [2.05, 4.69) is 12.2 Å². The summed E-state index contributed by atoms with van der Waals surface area (Å²) in [6, 6.07) is 10.3. The van der Waals surface area contributed by atoms with Crippen molar-refractivity contribution in [2.45, 2.75) is 33.1 Å². The highest BCUT2D eigenvalue weighted by Crippen LogP contribution is 2.29. The van der Waals surface area contributed by atoms with E-state index in [9.17, 15) is 14.7 Å². The molecule has 0 radical (unpaired) electrons. The van der Waals surface area contributed by atoms with E-state index in [1.54, 1.807) is 41.3 Å². The Morgan fingerprint density at radius 2 is 1.71 bits per heavy atom. The lowest BCUT2D eigenvalue weighted by atomic mass is 10.1. The molecule has 2 amide bonds. The summed E-state index contributed by atoms with van der Waals surface area (Å²) in [6.45, 7) is 5.20. The van der Waals surface area contributed by atoms with Crippen molar-refractivity contribution < 1.29 is 14.7 Å². The van der Waals surface area contributed by atoms with Crippen molar-refractivity contribution >= 4 is 28.3 Å². The molecule has 0 aromatic heterocycles. The molecule has 0 bridgehead atoms. The van der Waals surface area contributed by atoms with Crippen LogP contribution in [0.4, 0.5) is 5.69 Å². The monoisotopic (exact) mass is 328 g/mol. The van der Waals surface area contributed by atoms with Crippen LogP contribution in [0.15, 0.2) is 36.4 Å². The fourth-order valence-electron chi connectivity index (χ4n) is 2.66. The number of aromatic hydroxyl groups is 1. The normalized spacial score (nSPS) is 10.6. The highest BCUT2D eigenvalue weighted by Gasteiger charge is 2.21. The average molecular weight is 328 g/mol. The Bertz CT molecular complexity index is 728. The van der Waals surface area contributed by atoms with Gasteiger partial charge in [0.25, 0.3) is 0 Å². The fourth-order valence-corrected chi connectivity index (χ4v) is 2.66. The molecular weight excluding hydrogens is 304 g/mol. The van der Waals surface area contributed by atoms with Crippen LogP contribution in [0.25, 0.3) is 10.8 Å². The number of carbonyl (C=O) groups is 2. The molecule has 5 heteroatoms. The maximum atomic E-state index is 12.4. The minimum absolute atomic E-state index is 0.144. The van der Waals surface area contributed by atoms with Crippen LogP contribution in [0.2, 0.25) is 0 Å². The first-order chi connectivity index (χ1) is 11.6. The largest absolute Gasteiger partial charge is 0.507 e. The number of phenols is 1. The number of phenolic OH excluding ortho intramolecular Hbond substituents is 1. The molecule has 0 aliphatic carbocycles. The molecule has 128 valence electrons. The molecule has 5 nitrogen and oxygen atoms in total. The van der Waals surface area contributed by atoms with Gasteiger partial charge in [-0.05, 0) is 25.0 Å². The molecule has 0 aliphatic heterocycles. The first-order valence-corrected chi connectivity index (χ1v) is 8.39. The molecule has 0 unspecified atom stereocenters. The Morgan fingerprint density at radius 1 is 1.00 bits per heavy atom. The van der Waals surface area contributed by atoms with Gasteiger partial charge in [-0.15, -0.1) is 0 Å². The first kappa shape index (κ1) is 17.8. The summed E-state index contributed by atoms with van der Waals surface area (Å²) in [6.07, 6.45) is 2.66. The van der Waals surface area contributed by atoms with Gasteiger partial charge in [-0.1, -0.05) is 44.5 Å². The minimum Gasteiger partial charge on any atom is -0.507 e. The number of rotatable bonds is 6. The number of nitrogens with zero attached hydrogens (tertiary/aromatic N) is 1. The lowest BCUT2D eigenvalue weighted by Crippen LogP contribution is -2.40. The van der Waals surface area contributed by atoms with Gasteiger partial charge < -0.3 is 15.3 Å². The van der Waals surface area contributed by atoms with Crippen LogP contribution in [0, 0.1) is 0 Å².